The molecule has 0 unspecified atom stereocenters. The maximum atomic E-state index is 13.1. The molecule has 1 aliphatic heterocycles. The van der Waals surface area contributed by atoms with Crippen molar-refractivity contribution < 1.29 is 14.3 Å². The molecule has 35 heavy (non-hydrogen) atoms. The van der Waals surface area contributed by atoms with Gasteiger partial charge in [0, 0.05) is 37.6 Å². The van der Waals surface area contributed by atoms with Crippen molar-refractivity contribution in [1.29, 1.82) is 0 Å². The molecule has 1 amide bonds. The lowest BCUT2D eigenvalue weighted by atomic mass is 10.0. The van der Waals surface area contributed by atoms with E-state index in [4.69, 9.17) is 26.8 Å². The molecular formula is C27H27N3O3S2. The van der Waals surface area contributed by atoms with Crippen molar-refractivity contribution in [2.24, 2.45) is 0 Å². The van der Waals surface area contributed by atoms with Gasteiger partial charge in [0.15, 0.2) is 0 Å². The van der Waals surface area contributed by atoms with Gasteiger partial charge in [-0.15, -0.1) is 0 Å². The van der Waals surface area contributed by atoms with Gasteiger partial charge in [-0.3, -0.25) is 9.69 Å². The lowest BCUT2D eigenvalue weighted by Gasteiger charge is -2.13. The minimum atomic E-state index is -0.0839. The van der Waals surface area contributed by atoms with Gasteiger partial charge in [0.05, 0.1) is 10.6 Å². The van der Waals surface area contributed by atoms with Gasteiger partial charge in [-0.25, -0.2) is 4.68 Å². The van der Waals surface area contributed by atoms with Gasteiger partial charge in [0.1, 0.15) is 22.4 Å². The molecule has 180 valence electrons. The van der Waals surface area contributed by atoms with E-state index in [1.165, 1.54) is 11.8 Å². The van der Waals surface area contributed by atoms with Crippen molar-refractivity contribution in [2.45, 2.75) is 13.3 Å². The summed E-state index contributed by atoms with van der Waals surface area (Å²) in [6.07, 6.45) is 6.28. The molecule has 4 rings (SSSR count). The molecule has 1 aliphatic rings. The number of carbonyl (C=O) groups is 1. The van der Waals surface area contributed by atoms with Gasteiger partial charge in [-0.05, 0) is 55.3 Å². The van der Waals surface area contributed by atoms with Crippen molar-refractivity contribution in [1.82, 2.24) is 14.7 Å². The molecule has 0 N–H and O–H groups in total. The Hall–Kier alpha value is -3.20. The van der Waals surface area contributed by atoms with E-state index < -0.39 is 0 Å². The van der Waals surface area contributed by atoms with Crippen LogP contribution in [-0.2, 0) is 9.53 Å². The van der Waals surface area contributed by atoms with Crippen LogP contribution in [0.5, 0.6) is 5.75 Å². The molecule has 3 aromatic rings. The van der Waals surface area contributed by atoms with Crippen LogP contribution in [0, 0.1) is 6.92 Å². The minimum absolute atomic E-state index is 0.0839. The van der Waals surface area contributed by atoms with Gasteiger partial charge >= 0.3 is 0 Å². The summed E-state index contributed by atoms with van der Waals surface area (Å²) in [4.78, 5) is 15.3. The van der Waals surface area contributed by atoms with Crippen molar-refractivity contribution in [2.75, 3.05) is 26.9 Å². The second kappa shape index (κ2) is 11.5. The van der Waals surface area contributed by atoms with E-state index in [1.54, 1.807) is 18.1 Å². The highest BCUT2D eigenvalue weighted by Crippen LogP contribution is 2.36. The van der Waals surface area contributed by atoms with Crippen LogP contribution in [0.2, 0.25) is 0 Å². The molecule has 0 radical (unpaired) electrons. The Morgan fingerprint density at radius 3 is 2.71 bits per heavy atom. The Balaban J connectivity index is 1.73. The first-order valence-electron chi connectivity index (χ1n) is 11.3. The second-order valence-electron chi connectivity index (χ2n) is 7.97. The summed E-state index contributed by atoms with van der Waals surface area (Å²) in [5, 5.41) is 4.90. The summed E-state index contributed by atoms with van der Waals surface area (Å²) in [7, 11) is 1.65. The molecule has 0 saturated carbocycles. The Morgan fingerprint density at radius 2 is 2.00 bits per heavy atom. The predicted octanol–water partition coefficient (Wildman–Crippen LogP) is 5.65. The average Bonchev–Trinajstić information content (AvgIpc) is 3.39. The first kappa shape index (κ1) is 24.9. The summed E-state index contributed by atoms with van der Waals surface area (Å²) in [5.41, 5.74) is 4.54. The van der Waals surface area contributed by atoms with Gasteiger partial charge < -0.3 is 9.47 Å². The SMILES string of the molecule is C=CCOc1ccc(-c2nn(-c3ccccc3)cc2/C=C2\SC(=S)N(CCCOC)C2=O)c(C)c1. The fourth-order valence-corrected chi connectivity index (χ4v) is 5.06. The van der Waals surface area contributed by atoms with E-state index in [9.17, 15) is 4.79 Å². The fourth-order valence-electron chi connectivity index (χ4n) is 3.76. The van der Waals surface area contributed by atoms with Gasteiger partial charge in [-0.2, -0.15) is 5.10 Å². The summed E-state index contributed by atoms with van der Waals surface area (Å²) in [5.74, 6) is 0.687. The van der Waals surface area contributed by atoms with E-state index in [0.29, 0.717) is 29.0 Å². The summed E-state index contributed by atoms with van der Waals surface area (Å²) in [6.45, 7) is 7.29. The lowest BCUT2D eigenvalue weighted by molar-refractivity contribution is -0.122. The molecule has 8 heteroatoms. The number of thiocarbonyl (C=S) groups is 1. The number of nitrogens with zero attached hydrogens (tertiary/aromatic N) is 3. The number of aromatic nitrogens is 2. The lowest BCUT2D eigenvalue weighted by Crippen LogP contribution is -2.29. The van der Waals surface area contributed by atoms with E-state index in [1.807, 2.05) is 72.4 Å². The normalized spacial score (nSPS) is 14.7. The average molecular weight is 506 g/mol. The first-order valence-corrected chi connectivity index (χ1v) is 12.5. The van der Waals surface area contributed by atoms with E-state index >= 15 is 0 Å². The summed E-state index contributed by atoms with van der Waals surface area (Å²) >= 11 is 6.80. The Bertz CT molecular complexity index is 1270. The predicted molar refractivity (Wildman–Crippen MR) is 146 cm³/mol. The third kappa shape index (κ3) is 5.73. The van der Waals surface area contributed by atoms with Gasteiger partial charge in [0.2, 0.25) is 0 Å². The Labute approximate surface area is 215 Å². The molecule has 2 aromatic carbocycles. The molecule has 1 aromatic heterocycles. The Kier molecular flexibility index (Phi) is 8.17. The monoisotopic (exact) mass is 505 g/mol. The van der Waals surface area contributed by atoms with Crippen LogP contribution in [0.25, 0.3) is 23.0 Å². The highest BCUT2D eigenvalue weighted by atomic mass is 32.2. The number of aryl methyl sites for hydroxylation is 1. The van der Waals surface area contributed by atoms with E-state index in [2.05, 4.69) is 6.58 Å². The van der Waals surface area contributed by atoms with Crippen LogP contribution in [-0.4, -0.2) is 51.8 Å². The zero-order chi connectivity index (χ0) is 24.8. The quantitative estimate of drug-likeness (QED) is 0.154. The van der Waals surface area contributed by atoms with Crippen LogP contribution in [0.1, 0.15) is 17.5 Å². The van der Waals surface area contributed by atoms with Crippen LogP contribution in [0.15, 0.2) is 72.3 Å². The molecule has 0 atom stereocenters. The summed E-state index contributed by atoms with van der Waals surface area (Å²) < 4.78 is 13.2. The zero-order valence-corrected chi connectivity index (χ0v) is 21.4. The highest BCUT2D eigenvalue weighted by Gasteiger charge is 2.32. The van der Waals surface area contributed by atoms with Crippen molar-refractivity contribution >= 4 is 40.3 Å². The standard InChI is InChI=1S/C27H27N3O3S2/c1-4-14-33-22-11-12-23(19(2)16-22)25-20(18-30(28-25)21-9-6-5-7-10-21)17-24-26(31)29(27(34)35-24)13-8-15-32-3/h4-7,9-12,16-18H,1,8,13-15H2,2-3H3/b24-17-. The molecule has 0 spiro atoms. The van der Waals surface area contributed by atoms with Crippen LogP contribution < -0.4 is 4.74 Å². The first-order chi connectivity index (χ1) is 17.0. The summed E-state index contributed by atoms with van der Waals surface area (Å²) in [6, 6.07) is 15.8. The fraction of sp³-hybridized carbons (Fsp3) is 0.222. The third-order valence-corrected chi connectivity index (χ3v) is 6.85. The maximum absolute atomic E-state index is 13.1. The van der Waals surface area contributed by atoms with Gasteiger partial charge in [-0.1, -0.05) is 54.8 Å². The minimum Gasteiger partial charge on any atom is -0.490 e. The van der Waals surface area contributed by atoms with Crippen LogP contribution in [0.4, 0.5) is 0 Å². The zero-order valence-electron chi connectivity index (χ0n) is 19.8. The van der Waals surface area contributed by atoms with Crippen molar-refractivity contribution in [3.8, 4) is 22.7 Å². The van der Waals surface area contributed by atoms with Crippen molar-refractivity contribution in [3.63, 3.8) is 0 Å². The Morgan fingerprint density at radius 1 is 1.20 bits per heavy atom. The number of benzene rings is 2. The number of ether oxygens (including phenoxy) is 2. The van der Waals surface area contributed by atoms with E-state index in [0.717, 1.165) is 40.2 Å². The molecule has 6 nitrogen and oxygen atoms in total. The molecular weight excluding hydrogens is 478 g/mol. The van der Waals surface area contributed by atoms with Crippen LogP contribution >= 0.6 is 24.0 Å². The number of hydrogen-bond donors (Lipinski definition) is 0. The van der Waals surface area contributed by atoms with E-state index in [-0.39, 0.29) is 5.91 Å². The molecule has 0 aliphatic carbocycles. The molecule has 2 heterocycles. The number of carbonyl (C=O) groups excluding carboxylic acids is 1. The smallest absolute Gasteiger partial charge is 0.266 e. The van der Waals surface area contributed by atoms with Gasteiger partial charge in [0.25, 0.3) is 5.91 Å². The number of hydrogen-bond acceptors (Lipinski definition) is 6. The highest BCUT2D eigenvalue weighted by molar-refractivity contribution is 8.26. The topological polar surface area (TPSA) is 56.6 Å². The number of thioether (sulfide) groups is 1. The third-order valence-electron chi connectivity index (χ3n) is 5.47. The number of para-hydroxylation sites is 1. The van der Waals surface area contributed by atoms with Crippen LogP contribution in [0.3, 0.4) is 0 Å². The largest absolute Gasteiger partial charge is 0.490 e. The van der Waals surface area contributed by atoms with Crippen molar-refractivity contribution in [3.05, 3.63) is 83.4 Å². The molecule has 0 bridgehead atoms. The number of amides is 1. The molecule has 1 saturated heterocycles. The number of methoxy groups -OCH3 is 1. The number of rotatable bonds is 10. The molecule has 1 fully saturated rings. The maximum Gasteiger partial charge on any atom is 0.266 e. The second-order valence-corrected chi connectivity index (χ2v) is 9.65.